The molecule has 2 aromatic carbocycles. The SMILES string of the molecule is Nc1cccn(Cc2nc3cccc(Oc4ccc(F)cc4F)c3[nH]2)c1=O. The number of nitrogens with zero attached hydrogens (tertiary/aromatic N) is 2. The fourth-order valence-electron chi connectivity index (χ4n) is 2.73. The molecule has 3 N–H and O–H groups in total. The first kappa shape index (κ1) is 16.8. The van der Waals surface area contributed by atoms with Gasteiger partial charge in [0, 0.05) is 12.3 Å². The van der Waals surface area contributed by atoms with Crippen molar-refractivity contribution >= 4 is 16.7 Å². The molecule has 6 nitrogen and oxygen atoms in total. The highest BCUT2D eigenvalue weighted by Gasteiger charge is 2.12. The highest BCUT2D eigenvalue weighted by Crippen LogP contribution is 2.30. The highest BCUT2D eigenvalue weighted by molar-refractivity contribution is 5.82. The molecular formula is C19H14F2N4O2. The van der Waals surface area contributed by atoms with E-state index < -0.39 is 11.6 Å². The van der Waals surface area contributed by atoms with Crippen LogP contribution >= 0.6 is 0 Å². The number of para-hydroxylation sites is 1. The molecule has 0 fully saturated rings. The lowest BCUT2D eigenvalue weighted by molar-refractivity contribution is 0.441. The standard InChI is InChI=1S/C19H14F2N4O2/c20-11-6-7-15(12(21)9-11)27-16-5-1-4-14-18(16)24-17(23-14)10-25-8-2-3-13(22)19(25)26/h1-9H,10,22H2,(H,23,24). The summed E-state index contributed by atoms with van der Waals surface area (Å²) in [5, 5.41) is 0. The van der Waals surface area contributed by atoms with Crippen molar-refractivity contribution in [2.45, 2.75) is 6.54 Å². The zero-order valence-electron chi connectivity index (χ0n) is 13.9. The topological polar surface area (TPSA) is 85.9 Å². The lowest BCUT2D eigenvalue weighted by atomic mass is 10.3. The summed E-state index contributed by atoms with van der Waals surface area (Å²) in [4.78, 5) is 19.6. The van der Waals surface area contributed by atoms with E-state index in [-0.39, 0.29) is 23.5 Å². The minimum absolute atomic E-state index is 0.105. The average Bonchev–Trinajstić information content (AvgIpc) is 3.05. The summed E-state index contributed by atoms with van der Waals surface area (Å²) in [6.07, 6.45) is 1.61. The molecule has 0 aliphatic heterocycles. The van der Waals surface area contributed by atoms with E-state index in [2.05, 4.69) is 9.97 Å². The van der Waals surface area contributed by atoms with Gasteiger partial charge in [-0.2, -0.15) is 0 Å². The van der Waals surface area contributed by atoms with Gasteiger partial charge in [-0.1, -0.05) is 6.07 Å². The van der Waals surface area contributed by atoms with Crippen LogP contribution in [0.25, 0.3) is 11.0 Å². The third-order valence-corrected chi connectivity index (χ3v) is 4.01. The highest BCUT2D eigenvalue weighted by atomic mass is 19.1. The summed E-state index contributed by atoms with van der Waals surface area (Å²) < 4.78 is 33.9. The van der Waals surface area contributed by atoms with E-state index in [0.29, 0.717) is 22.6 Å². The second kappa shape index (κ2) is 6.56. The monoisotopic (exact) mass is 368 g/mol. The first-order chi connectivity index (χ1) is 13.0. The van der Waals surface area contributed by atoms with Crippen molar-refractivity contribution in [1.82, 2.24) is 14.5 Å². The predicted octanol–water partition coefficient (Wildman–Crippen LogP) is 3.43. The molecule has 0 spiro atoms. The number of aromatic nitrogens is 3. The number of pyridine rings is 1. The molecule has 0 aliphatic rings. The Hall–Kier alpha value is -3.68. The van der Waals surface area contributed by atoms with Gasteiger partial charge >= 0.3 is 0 Å². The second-order valence-corrected chi connectivity index (χ2v) is 5.91. The number of halogens is 2. The summed E-state index contributed by atoms with van der Waals surface area (Å²) in [7, 11) is 0. The van der Waals surface area contributed by atoms with Crippen LogP contribution in [-0.4, -0.2) is 14.5 Å². The van der Waals surface area contributed by atoms with Crippen LogP contribution in [0.4, 0.5) is 14.5 Å². The Bertz CT molecular complexity index is 1200. The van der Waals surface area contributed by atoms with Gasteiger partial charge in [0.15, 0.2) is 17.3 Å². The lowest BCUT2D eigenvalue weighted by Gasteiger charge is -2.07. The van der Waals surface area contributed by atoms with Crippen LogP contribution in [0.2, 0.25) is 0 Å². The molecule has 0 unspecified atom stereocenters. The molecule has 0 bridgehead atoms. The van der Waals surface area contributed by atoms with Crippen molar-refractivity contribution in [1.29, 1.82) is 0 Å². The molecule has 136 valence electrons. The number of rotatable bonds is 4. The van der Waals surface area contributed by atoms with Crippen LogP contribution < -0.4 is 16.0 Å². The molecule has 0 amide bonds. The summed E-state index contributed by atoms with van der Waals surface area (Å²) in [6.45, 7) is 0.183. The van der Waals surface area contributed by atoms with Gasteiger partial charge in [-0.15, -0.1) is 0 Å². The number of anilines is 1. The largest absolute Gasteiger partial charge is 0.452 e. The Morgan fingerprint density at radius 3 is 2.78 bits per heavy atom. The number of nitrogen functional groups attached to an aromatic ring is 1. The molecule has 4 rings (SSSR count). The molecule has 2 aromatic heterocycles. The van der Waals surface area contributed by atoms with E-state index >= 15 is 0 Å². The fraction of sp³-hybridized carbons (Fsp3) is 0.0526. The third-order valence-electron chi connectivity index (χ3n) is 4.01. The van der Waals surface area contributed by atoms with Crippen LogP contribution in [0.15, 0.2) is 59.5 Å². The minimum Gasteiger partial charge on any atom is -0.452 e. The number of H-pyrrole nitrogens is 1. The van der Waals surface area contributed by atoms with E-state index in [0.717, 1.165) is 12.1 Å². The van der Waals surface area contributed by atoms with E-state index in [1.165, 1.54) is 16.7 Å². The predicted molar refractivity (Wildman–Crippen MR) is 96.7 cm³/mol. The van der Waals surface area contributed by atoms with Gasteiger partial charge in [-0.05, 0) is 36.4 Å². The molecule has 2 heterocycles. The van der Waals surface area contributed by atoms with E-state index in [1.54, 1.807) is 30.5 Å². The summed E-state index contributed by atoms with van der Waals surface area (Å²) in [5.74, 6) is -0.760. The smallest absolute Gasteiger partial charge is 0.274 e. The second-order valence-electron chi connectivity index (χ2n) is 5.91. The van der Waals surface area contributed by atoms with Crippen molar-refractivity contribution in [3.8, 4) is 11.5 Å². The minimum atomic E-state index is -0.807. The molecule has 0 saturated heterocycles. The molecule has 0 atom stereocenters. The zero-order valence-corrected chi connectivity index (χ0v) is 13.9. The lowest BCUT2D eigenvalue weighted by Crippen LogP contribution is -2.22. The van der Waals surface area contributed by atoms with Crippen LogP contribution in [-0.2, 0) is 6.54 Å². The van der Waals surface area contributed by atoms with Gasteiger partial charge in [0.25, 0.3) is 5.56 Å². The van der Waals surface area contributed by atoms with Crippen molar-refractivity contribution in [3.05, 3.63) is 82.5 Å². The van der Waals surface area contributed by atoms with Crippen molar-refractivity contribution < 1.29 is 13.5 Å². The van der Waals surface area contributed by atoms with Crippen molar-refractivity contribution in [3.63, 3.8) is 0 Å². The first-order valence-electron chi connectivity index (χ1n) is 8.07. The summed E-state index contributed by atoms with van der Waals surface area (Å²) in [6, 6.07) is 11.4. The number of hydrogen-bond acceptors (Lipinski definition) is 4. The maximum atomic E-state index is 13.9. The van der Waals surface area contributed by atoms with E-state index in [1.807, 2.05) is 0 Å². The van der Waals surface area contributed by atoms with Gasteiger partial charge in [0.2, 0.25) is 0 Å². The Balaban J connectivity index is 1.70. The zero-order chi connectivity index (χ0) is 19.0. The van der Waals surface area contributed by atoms with Crippen LogP contribution in [0, 0.1) is 11.6 Å². The number of benzene rings is 2. The third kappa shape index (κ3) is 3.24. The summed E-state index contributed by atoms with van der Waals surface area (Å²) >= 11 is 0. The van der Waals surface area contributed by atoms with Crippen molar-refractivity contribution in [2.75, 3.05) is 5.73 Å². The first-order valence-corrected chi connectivity index (χ1v) is 8.07. The molecule has 27 heavy (non-hydrogen) atoms. The number of ether oxygens (including phenoxy) is 1. The van der Waals surface area contributed by atoms with E-state index in [9.17, 15) is 13.6 Å². The van der Waals surface area contributed by atoms with Crippen molar-refractivity contribution in [2.24, 2.45) is 0 Å². The number of nitrogens with two attached hydrogens (primary N) is 1. The van der Waals surface area contributed by atoms with Crippen LogP contribution in [0.1, 0.15) is 5.82 Å². The molecule has 8 heteroatoms. The molecular weight excluding hydrogens is 354 g/mol. The van der Waals surface area contributed by atoms with Crippen LogP contribution in [0.3, 0.4) is 0 Å². The Morgan fingerprint density at radius 1 is 1.11 bits per heavy atom. The molecule has 0 saturated carbocycles. The molecule has 0 radical (unpaired) electrons. The number of aromatic amines is 1. The van der Waals surface area contributed by atoms with Gasteiger partial charge in [-0.3, -0.25) is 4.79 Å². The molecule has 4 aromatic rings. The van der Waals surface area contributed by atoms with Gasteiger partial charge in [0.05, 0.1) is 17.7 Å². The average molecular weight is 368 g/mol. The van der Waals surface area contributed by atoms with Gasteiger partial charge in [-0.25, -0.2) is 13.8 Å². The van der Waals surface area contributed by atoms with Gasteiger partial charge < -0.3 is 20.0 Å². The number of fused-ring (bicyclic) bond motifs is 1. The van der Waals surface area contributed by atoms with Crippen LogP contribution in [0.5, 0.6) is 11.5 Å². The number of nitrogens with one attached hydrogen (secondary N) is 1. The Kier molecular flexibility index (Phi) is 4.08. The number of imidazole rings is 1. The Labute approximate surface area is 151 Å². The van der Waals surface area contributed by atoms with E-state index in [4.69, 9.17) is 10.5 Å². The van der Waals surface area contributed by atoms with Gasteiger partial charge in [0.1, 0.15) is 17.2 Å². The molecule has 0 aliphatic carbocycles. The summed E-state index contributed by atoms with van der Waals surface area (Å²) in [5.41, 5.74) is 6.58. The Morgan fingerprint density at radius 2 is 1.96 bits per heavy atom. The number of hydrogen-bond donors (Lipinski definition) is 2. The maximum Gasteiger partial charge on any atom is 0.274 e. The normalized spacial score (nSPS) is 11.0. The quantitative estimate of drug-likeness (QED) is 0.578. The fourth-order valence-corrected chi connectivity index (χ4v) is 2.73. The maximum absolute atomic E-state index is 13.9.